The predicted molar refractivity (Wildman–Crippen MR) is 73.5 cm³/mol. The fourth-order valence-corrected chi connectivity index (χ4v) is 2.51. The van der Waals surface area contributed by atoms with Crippen LogP contribution in [0.5, 0.6) is 0 Å². The highest BCUT2D eigenvalue weighted by atomic mass is 16.1. The molecule has 1 fully saturated rings. The van der Waals surface area contributed by atoms with E-state index in [2.05, 4.69) is 36.6 Å². The van der Waals surface area contributed by atoms with Gasteiger partial charge in [0.05, 0.1) is 6.42 Å². The molecule has 0 bridgehead atoms. The lowest BCUT2D eigenvalue weighted by atomic mass is 9.99. The highest BCUT2D eigenvalue weighted by molar-refractivity contribution is 5.79. The summed E-state index contributed by atoms with van der Waals surface area (Å²) < 4.78 is 0. The third-order valence-electron chi connectivity index (χ3n) is 3.56. The first-order valence-electron chi connectivity index (χ1n) is 6.73. The predicted octanol–water partition coefficient (Wildman–Crippen LogP) is 1.79. The Morgan fingerprint density at radius 3 is 3.06 bits per heavy atom. The van der Waals surface area contributed by atoms with Crippen LogP contribution in [0.1, 0.15) is 30.9 Å². The van der Waals surface area contributed by atoms with Gasteiger partial charge in [0.1, 0.15) is 0 Å². The smallest absolute Gasteiger partial charge is 0.224 e. The van der Waals surface area contributed by atoms with Gasteiger partial charge >= 0.3 is 0 Å². The van der Waals surface area contributed by atoms with Gasteiger partial charge in [0.25, 0.3) is 0 Å². The van der Waals surface area contributed by atoms with Crippen LogP contribution in [-0.4, -0.2) is 24.5 Å². The van der Waals surface area contributed by atoms with Gasteiger partial charge in [-0.25, -0.2) is 0 Å². The number of rotatable bonds is 3. The van der Waals surface area contributed by atoms with Crippen molar-refractivity contribution in [1.29, 1.82) is 0 Å². The second-order valence-corrected chi connectivity index (χ2v) is 5.22. The summed E-state index contributed by atoms with van der Waals surface area (Å²) in [6.45, 7) is 5.25. The second-order valence-electron chi connectivity index (χ2n) is 5.22. The van der Waals surface area contributed by atoms with Crippen LogP contribution >= 0.6 is 0 Å². The van der Waals surface area contributed by atoms with Crippen LogP contribution in [0.25, 0.3) is 0 Å². The van der Waals surface area contributed by atoms with Crippen LogP contribution in [0.4, 0.5) is 0 Å². The quantitative estimate of drug-likeness (QED) is 0.854. The van der Waals surface area contributed by atoms with E-state index in [0.717, 1.165) is 24.9 Å². The monoisotopic (exact) mass is 246 g/mol. The highest BCUT2D eigenvalue weighted by Gasteiger charge is 2.22. The number of hydrogen-bond acceptors (Lipinski definition) is 2. The third-order valence-corrected chi connectivity index (χ3v) is 3.56. The lowest BCUT2D eigenvalue weighted by Crippen LogP contribution is -2.52. The summed E-state index contributed by atoms with van der Waals surface area (Å²) in [5.41, 5.74) is 2.29. The van der Waals surface area contributed by atoms with Crippen LogP contribution in [0, 0.1) is 6.92 Å². The molecule has 2 rings (SSSR count). The molecule has 0 radical (unpaired) electrons. The van der Waals surface area contributed by atoms with E-state index in [1.807, 2.05) is 12.1 Å². The van der Waals surface area contributed by atoms with Crippen LogP contribution in [0.2, 0.25) is 0 Å². The Labute approximate surface area is 109 Å². The van der Waals surface area contributed by atoms with Crippen LogP contribution in [-0.2, 0) is 11.2 Å². The average Bonchev–Trinajstić information content (AvgIpc) is 2.32. The van der Waals surface area contributed by atoms with Crippen molar-refractivity contribution in [1.82, 2.24) is 10.6 Å². The molecule has 1 aliphatic heterocycles. The maximum Gasteiger partial charge on any atom is 0.224 e. The molecular formula is C15H22N2O. The SMILES string of the molecule is Cc1cccc(CC(=O)NC2CCCNC2C)c1. The molecule has 2 atom stereocenters. The summed E-state index contributed by atoms with van der Waals surface area (Å²) in [5, 5.41) is 6.53. The number of benzene rings is 1. The van der Waals surface area contributed by atoms with Crippen molar-refractivity contribution in [2.24, 2.45) is 0 Å². The van der Waals surface area contributed by atoms with E-state index >= 15 is 0 Å². The normalized spacial score (nSPS) is 23.7. The second kappa shape index (κ2) is 6.01. The number of piperidine rings is 1. The Kier molecular flexibility index (Phi) is 4.37. The third kappa shape index (κ3) is 3.57. The minimum atomic E-state index is 0.126. The molecule has 98 valence electrons. The van der Waals surface area contributed by atoms with Crippen molar-refractivity contribution >= 4 is 5.91 Å². The molecule has 1 amide bonds. The molecule has 0 spiro atoms. The van der Waals surface area contributed by atoms with Crippen molar-refractivity contribution < 1.29 is 4.79 Å². The van der Waals surface area contributed by atoms with Crippen LogP contribution in [0.3, 0.4) is 0 Å². The van der Waals surface area contributed by atoms with E-state index < -0.39 is 0 Å². The molecule has 1 saturated heterocycles. The zero-order valence-electron chi connectivity index (χ0n) is 11.2. The first-order chi connectivity index (χ1) is 8.65. The summed E-state index contributed by atoms with van der Waals surface area (Å²) in [6.07, 6.45) is 2.69. The van der Waals surface area contributed by atoms with Crippen molar-refractivity contribution in [2.75, 3.05) is 6.54 Å². The molecule has 1 aromatic rings. The lowest BCUT2D eigenvalue weighted by molar-refractivity contribution is -0.121. The molecule has 0 saturated carbocycles. The molecule has 3 heteroatoms. The fraction of sp³-hybridized carbons (Fsp3) is 0.533. The Hall–Kier alpha value is -1.35. The Morgan fingerprint density at radius 2 is 2.33 bits per heavy atom. The average molecular weight is 246 g/mol. The molecule has 1 heterocycles. The fourth-order valence-electron chi connectivity index (χ4n) is 2.51. The van der Waals surface area contributed by atoms with E-state index in [1.54, 1.807) is 0 Å². The maximum absolute atomic E-state index is 12.0. The molecular weight excluding hydrogens is 224 g/mol. The summed E-state index contributed by atoms with van der Waals surface area (Å²) in [6, 6.07) is 8.78. The minimum absolute atomic E-state index is 0.126. The van der Waals surface area contributed by atoms with Gasteiger partial charge in [0.15, 0.2) is 0 Å². The molecule has 2 unspecified atom stereocenters. The molecule has 1 aliphatic rings. The lowest BCUT2D eigenvalue weighted by Gasteiger charge is -2.30. The van der Waals surface area contributed by atoms with E-state index in [-0.39, 0.29) is 11.9 Å². The molecule has 1 aromatic carbocycles. The van der Waals surface area contributed by atoms with Crippen LogP contribution in [0.15, 0.2) is 24.3 Å². The highest BCUT2D eigenvalue weighted by Crippen LogP contribution is 2.09. The summed E-state index contributed by atoms with van der Waals surface area (Å²) in [4.78, 5) is 12.0. The number of aryl methyl sites for hydroxylation is 1. The van der Waals surface area contributed by atoms with Gasteiger partial charge in [-0.1, -0.05) is 29.8 Å². The van der Waals surface area contributed by atoms with Crippen molar-refractivity contribution in [3.05, 3.63) is 35.4 Å². The molecule has 3 nitrogen and oxygen atoms in total. The zero-order chi connectivity index (χ0) is 13.0. The number of amides is 1. The van der Waals surface area contributed by atoms with Crippen molar-refractivity contribution in [2.45, 2.75) is 45.2 Å². The molecule has 0 aliphatic carbocycles. The van der Waals surface area contributed by atoms with E-state index in [1.165, 1.54) is 5.56 Å². The summed E-state index contributed by atoms with van der Waals surface area (Å²) in [5.74, 6) is 0.126. The van der Waals surface area contributed by atoms with E-state index in [9.17, 15) is 4.79 Å². The summed E-state index contributed by atoms with van der Waals surface area (Å²) in [7, 11) is 0. The Bertz CT molecular complexity index is 417. The zero-order valence-corrected chi connectivity index (χ0v) is 11.2. The number of carbonyl (C=O) groups is 1. The van der Waals surface area contributed by atoms with Gasteiger partial charge in [-0.15, -0.1) is 0 Å². The van der Waals surface area contributed by atoms with Gasteiger partial charge in [-0.05, 0) is 38.8 Å². The van der Waals surface area contributed by atoms with Gasteiger partial charge in [-0.3, -0.25) is 4.79 Å². The van der Waals surface area contributed by atoms with Gasteiger partial charge in [0, 0.05) is 12.1 Å². The topological polar surface area (TPSA) is 41.1 Å². The Morgan fingerprint density at radius 1 is 1.50 bits per heavy atom. The first-order valence-corrected chi connectivity index (χ1v) is 6.73. The van der Waals surface area contributed by atoms with Crippen molar-refractivity contribution in [3.63, 3.8) is 0 Å². The van der Waals surface area contributed by atoms with Gasteiger partial charge in [-0.2, -0.15) is 0 Å². The van der Waals surface area contributed by atoms with E-state index in [4.69, 9.17) is 0 Å². The molecule has 0 aromatic heterocycles. The van der Waals surface area contributed by atoms with E-state index in [0.29, 0.717) is 12.5 Å². The Balaban J connectivity index is 1.88. The summed E-state index contributed by atoms with van der Waals surface area (Å²) >= 11 is 0. The van der Waals surface area contributed by atoms with Gasteiger partial charge in [0.2, 0.25) is 5.91 Å². The minimum Gasteiger partial charge on any atom is -0.352 e. The van der Waals surface area contributed by atoms with Gasteiger partial charge < -0.3 is 10.6 Å². The number of nitrogens with one attached hydrogen (secondary N) is 2. The molecule has 18 heavy (non-hydrogen) atoms. The number of hydrogen-bond donors (Lipinski definition) is 2. The molecule has 2 N–H and O–H groups in total. The first kappa shape index (κ1) is 13.1. The maximum atomic E-state index is 12.0. The standard InChI is InChI=1S/C15H22N2O/c1-11-5-3-6-13(9-11)10-15(18)17-14-7-4-8-16-12(14)2/h3,5-6,9,12,14,16H,4,7-8,10H2,1-2H3,(H,17,18). The van der Waals surface area contributed by atoms with Crippen molar-refractivity contribution in [3.8, 4) is 0 Å². The van der Waals surface area contributed by atoms with Crippen LogP contribution < -0.4 is 10.6 Å². The number of carbonyl (C=O) groups excluding carboxylic acids is 1. The largest absolute Gasteiger partial charge is 0.352 e.